The lowest BCUT2D eigenvalue weighted by atomic mass is 9.44. The van der Waals surface area contributed by atoms with Crippen molar-refractivity contribution < 1.29 is 14.6 Å². The Bertz CT molecular complexity index is 684. The standard InChI is InChI=1S/C28H50N2O3/c1-27-14-12-23-21(22(27)10-9-19(27)7-6-8-26(32)33-5)18-25(31)24-17-20(11-13-28(23,24)2)29-15-16-30(3)4/h19-25,29,31H,6-18H2,1-5H3/t19?,20?,21?,22?,23?,24?,25-,27?,28?/m0/s1. The summed E-state index contributed by atoms with van der Waals surface area (Å²) in [5.41, 5.74) is 0.692. The number of aliphatic hydroxyl groups excluding tert-OH is 1. The van der Waals surface area contributed by atoms with Gasteiger partial charge in [-0.25, -0.2) is 0 Å². The molecule has 4 fully saturated rings. The summed E-state index contributed by atoms with van der Waals surface area (Å²) in [6.07, 6.45) is 12.5. The molecule has 0 saturated heterocycles. The number of hydrogen-bond acceptors (Lipinski definition) is 5. The van der Waals surface area contributed by atoms with Crippen molar-refractivity contribution in [3.63, 3.8) is 0 Å². The number of likely N-dealkylation sites (N-methyl/N-ethyl adjacent to an activating group) is 1. The Morgan fingerprint density at radius 2 is 1.76 bits per heavy atom. The van der Waals surface area contributed by atoms with Gasteiger partial charge in [-0.3, -0.25) is 4.79 Å². The highest BCUT2D eigenvalue weighted by Gasteiger charge is 2.61. The molecule has 2 N–H and O–H groups in total. The number of ether oxygens (including phenoxy) is 1. The highest BCUT2D eigenvalue weighted by Crippen LogP contribution is 2.67. The summed E-state index contributed by atoms with van der Waals surface area (Å²) in [5.74, 6) is 3.32. The van der Waals surface area contributed by atoms with Gasteiger partial charge in [0.15, 0.2) is 0 Å². The second-order valence-electron chi connectivity index (χ2n) is 12.8. The van der Waals surface area contributed by atoms with Gasteiger partial charge >= 0.3 is 5.97 Å². The minimum Gasteiger partial charge on any atom is -0.469 e. The highest BCUT2D eigenvalue weighted by atomic mass is 16.5. The van der Waals surface area contributed by atoms with Gasteiger partial charge < -0.3 is 20.1 Å². The quantitative estimate of drug-likeness (QED) is 0.521. The van der Waals surface area contributed by atoms with Gasteiger partial charge in [-0.1, -0.05) is 13.8 Å². The van der Waals surface area contributed by atoms with E-state index in [1.54, 1.807) is 0 Å². The van der Waals surface area contributed by atoms with Crippen LogP contribution < -0.4 is 5.32 Å². The number of nitrogens with one attached hydrogen (secondary N) is 1. The summed E-state index contributed by atoms with van der Waals surface area (Å²) in [4.78, 5) is 13.8. The van der Waals surface area contributed by atoms with Crippen LogP contribution in [0.1, 0.15) is 84.5 Å². The number of carbonyl (C=O) groups is 1. The zero-order valence-electron chi connectivity index (χ0n) is 21.9. The van der Waals surface area contributed by atoms with Gasteiger partial charge in [0.2, 0.25) is 0 Å². The van der Waals surface area contributed by atoms with E-state index in [9.17, 15) is 9.90 Å². The summed E-state index contributed by atoms with van der Waals surface area (Å²) < 4.78 is 4.86. The maximum atomic E-state index is 11.6. The smallest absolute Gasteiger partial charge is 0.305 e. The molecule has 4 saturated carbocycles. The van der Waals surface area contributed by atoms with Crippen molar-refractivity contribution in [2.75, 3.05) is 34.3 Å². The molecule has 0 radical (unpaired) electrons. The molecule has 8 unspecified atom stereocenters. The van der Waals surface area contributed by atoms with Crippen molar-refractivity contribution in [2.45, 2.75) is 96.6 Å². The third-order valence-corrected chi connectivity index (χ3v) is 11.0. The minimum atomic E-state index is -0.143. The van der Waals surface area contributed by atoms with Crippen molar-refractivity contribution in [1.82, 2.24) is 10.2 Å². The first-order chi connectivity index (χ1) is 15.7. The van der Waals surface area contributed by atoms with Crippen LogP contribution in [0.5, 0.6) is 0 Å². The van der Waals surface area contributed by atoms with Gasteiger partial charge in [-0.2, -0.15) is 0 Å². The number of esters is 1. The first-order valence-electron chi connectivity index (χ1n) is 13.8. The monoisotopic (exact) mass is 462 g/mol. The van der Waals surface area contributed by atoms with Crippen molar-refractivity contribution in [1.29, 1.82) is 0 Å². The van der Waals surface area contributed by atoms with Crippen LogP contribution in [0.15, 0.2) is 0 Å². The molecule has 4 aliphatic rings. The van der Waals surface area contributed by atoms with Crippen molar-refractivity contribution in [3.8, 4) is 0 Å². The molecule has 5 heteroatoms. The van der Waals surface area contributed by atoms with E-state index >= 15 is 0 Å². The molecule has 4 rings (SSSR count). The van der Waals surface area contributed by atoms with E-state index in [1.165, 1.54) is 45.6 Å². The fourth-order valence-electron chi connectivity index (χ4n) is 9.15. The van der Waals surface area contributed by atoms with E-state index in [1.807, 2.05) is 0 Å². The van der Waals surface area contributed by atoms with Crippen LogP contribution in [0.3, 0.4) is 0 Å². The number of carbonyl (C=O) groups excluding carboxylic acids is 1. The maximum absolute atomic E-state index is 11.6. The fraction of sp³-hybridized carbons (Fsp3) is 0.964. The van der Waals surface area contributed by atoms with Crippen LogP contribution in [0.25, 0.3) is 0 Å². The number of fused-ring (bicyclic) bond motifs is 5. The van der Waals surface area contributed by atoms with Crippen molar-refractivity contribution in [3.05, 3.63) is 0 Å². The van der Waals surface area contributed by atoms with Gasteiger partial charge in [0.1, 0.15) is 0 Å². The molecule has 0 aliphatic heterocycles. The molecule has 0 aromatic rings. The molecule has 0 heterocycles. The molecule has 190 valence electrons. The molecule has 33 heavy (non-hydrogen) atoms. The lowest BCUT2D eigenvalue weighted by Gasteiger charge is -2.62. The Kier molecular flexibility index (Phi) is 7.82. The number of hydrogen-bond donors (Lipinski definition) is 2. The molecular formula is C28H50N2O3. The molecule has 0 spiro atoms. The van der Waals surface area contributed by atoms with E-state index in [2.05, 4.69) is 38.2 Å². The molecule has 0 aromatic heterocycles. The first-order valence-corrected chi connectivity index (χ1v) is 13.8. The second-order valence-corrected chi connectivity index (χ2v) is 12.8. The minimum absolute atomic E-state index is 0.0698. The third kappa shape index (κ3) is 4.89. The van der Waals surface area contributed by atoms with E-state index in [-0.39, 0.29) is 12.1 Å². The van der Waals surface area contributed by atoms with Gasteiger partial charge in [0.05, 0.1) is 13.2 Å². The third-order valence-electron chi connectivity index (χ3n) is 11.0. The Hall–Kier alpha value is -0.650. The summed E-state index contributed by atoms with van der Waals surface area (Å²) in [5, 5.41) is 15.2. The van der Waals surface area contributed by atoms with Crippen molar-refractivity contribution >= 4 is 5.97 Å². The Labute approximate surface area is 202 Å². The predicted octanol–water partition coefficient (Wildman–Crippen LogP) is 4.48. The SMILES string of the molecule is COC(=O)CCCC1CCC2C3C[C@H](O)C4CC(NCCN(C)C)CCC4(C)C3CCC12C. The molecule has 9 atom stereocenters. The molecular weight excluding hydrogens is 412 g/mol. The van der Waals surface area contributed by atoms with Crippen LogP contribution in [0.4, 0.5) is 0 Å². The normalized spacial score (nSPS) is 44.8. The zero-order chi connectivity index (χ0) is 23.8. The van der Waals surface area contributed by atoms with Gasteiger partial charge in [0.25, 0.3) is 0 Å². The van der Waals surface area contributed by atoms with Crippen LogP contribution >= 0.6 is 0 Å². The first kappa shape index (κ1) is 25.4. The lowest BCUT2D eigenvalue weighted by Crippen LogP contribution is -2.59. The summed E-state index contributed by atoms with van der Waals surface area (Å²) in [7, 11) is 5.76. The number of methoxy groups -OCH3 is 1. The Morgan fingerprint density at radius 1 is 1.03 bits per heavy atom. The second kappa shape index (κ2) is 10.1. The van der Waals surface area contributed by atoms with Gasteiger partial charge in [-0.05, 0) is 119 Å². The average molecular weight is 463 g/mol. The van der Waals surface area contributed by atoms with E-state index in [0.717, 1.165) is 56.5 Å². The Balaban J connectivity index is 1.40. The summed E-state index contributed by atoms with van der Waals surface area (Å²) >= 11 is 0. The van der Waals surface area contributed by atoms with E-state index in [4.69, 9.17) is 4.74 Å². The summed E-state index contributed by atoms with van der Waals surface area (Å²) in [6.45, 7) is 7.21. The highest BCUT2D eigenvalue weighted by molar-refractivity contribution is 5.68. The molecule has 0 amide bonds. The zero-order valence-corrected chi connectivity index (χ0v) is 21.9. The topological polar surface area (TPSA) is 61.8 Å². The summed E-state index contributed by atoms with van der Waals surface area (Å²) in [6, 6.07) is 0.564. The largest absolute Gasteiger partial charge is 0.469 e. The number of aliphatic hydroxyl groups is 1. The van der Waals surface area contributed by atoms with E-state index < -0.39 is 0 Å². The Morgan fingerprint density at radius 3 is 2.48 bits per heavy atom. The lowest BCUT2D eigenvalue weighted by molar-refractivity contribution is -0.161. The van der Waals surface area contributed by atoms with E-state index in [0.29, 0.717) is 35.1 Å². The molecule has 0 bridgehead atoms. The number of rotatable bonds is 8. The van der Waals surface area contributed by atoms with Crippen LogP contribution in [0, 0.1) is 40.4 Å². The van der Waals surface area contributed by atoms with Gasteiger partial charge in [-0.15, -0.1) is 0 Å². The molecule has 5 nitrogen and oxygen atoms in total. The van der Waals surface area contributed by atoms with Crippen molar-refractivity contribution in [2.24, 2.45) is 40.4 Å². The molecule has 0 aromatic carbocycles. The maximum Gasteiger partial charge on any atom is 0.305 e. The molecule has 4 aliphatic carbocycles. The average Bonchev–Trinajstić information content (AvgIpc) is 3.11. The van der Waals surface area contributed by atoms with Gasteiger partial charge in [0, 0.05) is 25.6 Å². The van der Waals surface area contributed by atoms with Crippen LogP contribution in [-0.2, 0) is 9.53 Å². The number of nitrogens with zero attached hydrogens (tertiary/aromatic N) is 1. The van der Waals surface area contributed by atoms with Crippen LogP contribution in [-0.4, -0.2) is 62.4 Å². The fourth-order valence-corrected chi connectivity index (χ4v) is 9.15. The predicted molar refractivity (Wildman–Crippen MR) is 133 cm³/mol. The van der Waals surface area contributed by atoms with Crippen LogP contribution in [0.2, 0.25) is 0 Å².